The van der Waals surface area contributed by atoms with Gasteiger partial charge in [-0.1, -0.05) is 10.3 Å². The number of oxime groups is 2. The Morgan fingerprint density at radius 1 is 0.738 bits per heavy atom. The van der Waals surface area contributed by atoms with Crippen molar-refractivity contribution >= 4 is 116 Å². The zero-order valence-electron chi connectivity index (χ0n) is 35.0. The Morgan fingerprint density at radius 2 is 1.20 bits per heavy atom. The number of hydrogen-bond acceptors (Lipinski definition) is 25. The fourth-order valence-electron chi connectivity index (χ4n) is 6.37. The molecule has 3 unspecified atom stereocenters. The molecule has 348 valence electrons. The lowest BCUT2D eigenvalue weighted by atomic mass is 10.0. The third-order valence-corrected chi connectivity index (χ3v) is 13.1. The summed E-state index contributed by atoms with van der Waals surface area (Å²) in [6.07, 6.45) is -3.23. The molecule has 4 amide bonds. The predicted octanol–water partition coefficient (Wildman–Crippen LogP) is 0.0303. The van der Waals surface area contributed by atoms with Crippen LogP contribution < -0.4 is 22.1 Å². The highest BCUT2D eigenvalue weighted by atomic mass is 32.2. The van der Waals surface area contributed by atoms with E-state index in [1.807, 2.05) is 0 Å². The Bertz CT molecular complexity index is 2420. The molecule has 29 heteroatoms. The lowest BCUT2D eigenvalue weighted by Crippen LogP contribution is -2.71. The van der Waals surface area contributed by atoms with Crippen LogP contribution in [0.4, 0.5) is 15.1 Å². The number of β-lactam (4-membered cyclic amide) rings is 2. The summed E-state index contributed by atoms with van der Waals surface area (Å²) in [5.74, 6) is -6.10. The summed E-state index contributed by atoms with van der Waals surface area (Å²) >= 11 is 4.36. The van der Waals surface area contributed by atoms with E-state index in [9.17, 15) is 38.4 Å². The maximum atomic E-state index is 14.1. The Balaban J connectivity index is 1.23. The van der Waals surface area contributed by atoms with Gasteiger partial charge in [0.15, 0.2) is 21.7 Å². The van der Waals surface area contributed by atoms with Crippen molar-refractivity contribution in [2.45, 2.75) is 62.9 Å². The van der Waals surface area contributed by atoms with E-state index < -0.39 is 96.1 Å². The molecule has 2 fully saturated rings. The van der Waals surface area contributed by atoms with Crippen LogP contribution in [0.5, 0.6) is 0 Å². The van der Waals surface area contributed by atoms with Gasteiger partial charge in [0.2, 0.25) is 6.29 Å². The molecule has 0 aromatic carbocycles. The van der Waals surface area contributed by atoms with E-state index in [1.165, 1.54) is 43.7 Å². The van der Waals surface area contributed by atoms with Crippen molar-refractivity contribution in [1.29, 1.82) is 0 Å². The smallest absolute Gasteiger partial charge is 0.461 e. The highest BCUT2D eigenvalue weighted by Gasteiger charge is 2.57. The van der Waals surface area contributed by atoms with Gasteiger partial charge in [-0.2, -0.15) is 0 Å². The maximum Gasteiger partial charge on any atom is 0.511 e. The lowest BCUT2D eigenvalue weighted by molar-refractivity contribution is -0.169. The van der Waals surface area contributed by atoms with Gasteiger partial charge in [0.25, 0.3) is 23.6 Å². The number of anilines is 2. The number of nitrogens with two attached hydrogens (primary N) is 2. The van der Waals surface area contributed by atoms with Crippen molar-refractivity contribution in [3.63, 3.8) is 0 Å². The minimum absolute atomic E-state index is 0.0517. The molecule has 0 aliphatic carbocycles. The summed E-state index contributed by atoms with van der Waals surface area (Å²) in [5.41, 5.74) is 10.7. The molecule has 0 saturated carbocycles. The molecular weight excluding hydrogens is 941 g/mol. The van der Waals surface area contributed by atoms with Crippen LogP contribution in [0.2, 0.25) is 0 Å². The van der Waals surface area contributed by atoms with E-state index in [2.05, 4.69) is 30.9 Å². The van der Waals surface area contributed by atoms with E-state index in [0.717, 1.165) is 51.2 Å². The number of ether oxygens (including phenoxy) is 5. The van der Waals surface area contributed by atoms with Gasteiger partial charge >= 0.3 is 24.1 Å². The Kier molecular flexibility index (Phi) is 15.2. The standard InChI is InChI=1S/C36H40N10O15S4/c1-13(2)59-36(54)61-15(4)60-33(53)25-17(10-63-31-23(29(51)46(25)31)42-27(49)21(44-56-6)19-12-65-35(38)40-19)8-58-32(52)24-16(7-57-14(3)47)9-62-30-22(28(50)45(24)30)41-26(48)20(43-55-5)18-11-64-34(37)39-18/h11-13,15,22-23,30-31H,7-10H2,1-6H3,(H2,37,39)(H2,38,40)(H,41,48)(H,42,49)/b43-20-,44-21-/t15?,22?,23?,30-,31+/m1/s1. The van der Waals surface area contributed by atoms with Crippen LogP contribution in [0, 0.1) is 0 Å². The van der Waals surface area contributed by atoms with Crippen molar-refractivity contribution < 1.29 is 71.7 Å². The first-order chi connectivity index (χ1) is 30.9. The van der Waals surface area contributed by atoms with Gasteiger partial charge in [-0.25, -0.2) is 24.4 Å². The molecule has 25 nitrogen and oxygen atoms in total. The first-order valence-corrected chi connectivity index (χ1v) is 22.8. The molecule has 0 bridgehead atoms. The molecule has 6 rings (SSSR count). The minimum Gasteiger partial charge on any atom is -0.461 e. The zero-order chi connectivity index (χ0) is 47.3. The number of esters is 3. The lowest BCUT2D eigenvalue weighted by Gasteiger charge is -2.50. The number of nitrogens with zero attached hydrogens (tertiary/aromatic N) is 6. The van der Waals surface area contributed by atoms with Crippen LogP contribution in [0.25, 0.3) is 0 Å². The van der Waals surface area contributed by atoms with Crippen LogP contribution in [0.1, 0.15) is 39.1 Å². The van der Waals surface area contributed by atoms with Gasteiger partial charge < -0.3 is 55.5 Å². The quantitative estimate of drug-likeness (QED) is 0.0406. The Morgan fingerprint density at radius 3 is 1.62 bits per heavy atom. The SMILES string of the molecule is CO/N=C(\C(=O)NC1C(=O)N2C(C(=O)OCC3=C(C(=O)OC(C)OC(=O)OC(C)C)N4C(=O)C(NC(=O)/C(=N\OC)c5csc(N)n5)[C@@H]4SC3)=C(COC(C)=O)CS[C@H]12)c1csc(N)n1. The molecule has 0 spiro atoms. The van der Waals surface area contributed by atoms with Gasteiger partial charge in [0, 0.05) is 47.3 Å². The van der Waals surface area contributed by atoms with Crippen molar-refractivity contribution in [2.24, 2.45) is 10.3 Å². The van der Waals surface area contributed by atoms with E-state index in [-0.39, 0.29) is 67.1 Å². The van der Waals surface area contributed by atoms with Crippen LogP contribution in [0.15, 0.2) is 43.6 Å². The number of hydrogen-bond donors (Lipinski definition) is 4. The second-order valence-electron chi connectivity index (χ2n) is 13.9. The largest absolute Gasteiger partial charge is 0.511 e. The number of thiazole rings is 2. The van der Waals surface area contributed by atoms with E-state index in [0.29, 0.717) is 0 Å². The molecule has 4 aliphatic heterocycles. The highest BCUT2D eigenvalue weighted by Crippen LogP contribution is 2.43. The van der Waals surface area contributed by atoms with Crippen LogP contribution in [-0.4, -0.2) is 153 Å². The molecule has 0 radical (unpaired) electrons. The number of nitrogens with one attached hydrogen (secondary N) is 2. The molecular formula is C36H40N10O15S4. The zero-order valence-corrected chi connectivity index (χ0v) is 38.3. The van der Waals surface area contributed by atoms with Gasteiger partial charge in [-0.15, -0.1) is 46.2 Å². The summed E-state index contributed by atoms with van der Waals surface area (Å²) < 4.78 is 26.3. The maximum absolute atomic E-state index is 14.1. The third kappa shape index (κ3) is 10.6. The van der Waals surface area contributed by atoms with Crippen LogP contribution in [-0.2, 0) is 66.9 Å². The average Bonchev–Trinajstić information content (AvgIpc) is 3.89. The summed E-state index contributed by atoms with van der Waals surface area (Å²) in [4.78, 5) is 126. The van der Waals surface area contributed by atoms with Gasteiger partial charge in [-0.3, -0.25) is 33.8 Å². The number of fused-ring (bicyclic) bond motifs is 2. The van der Waals surface area contributed by atoms with Crippen LogP contribution in [0.3, 0.4) is 0 Å². The number of carbonyl (C=O) groups excluding carboxylic acids is 8. The molecule has 4 aliphatic rings. The minimum atomic E-state index is -1.53. The summed E-state index contributed by atoms with van der Waals surface area (Å²) in [6, 6.07) is -2.37. The number of rotatable bonds is 17. The van der Waals surface area contributed by atoms with Crippen molar-refractivity contribution in [3.8, 4) is 0 Å². The van der Waals surface area contributed by atoms with E-state index in [1.54, 1.807) is 13.8 Å². The van der Waals surface area contributed by atoms with Gasteiger partial charge in [0.05, 0.1) is 6.10 Å². The first-order valence-electron chi connectivity index (χ1n) is 18.9. The number of thioether (sulfide) groups is 2. The number of nitrogen functional groups attached to an aromatic ring is 2. The van der Waals surface area contributed by atoms with Crippen LogP contribution >= 0.6 is 46.2 Å². The molecule has 2 aromatic rings. The molecule has 6 N–H and O–H groups in total. The van der Waals surface area contributed by atoms with Crippen molar-refractivity contribution in [2.75, 3.05) is 50.4 Å². The molecule has 5 atom stereocenters. The monoisotopic (exact) mass is 980 g/mol. The second kappa shape index (κ2) is 20.6. The van der Waals surface area contributed by atoms with E-state index in [4.69, 9.17) is 44.8 Å². The topological polar surface area (TPSA) is 334 Å². The Hall–Kier alpha value is -6.46. The Labute approximate surface area is 384 Å². The van der Waals surface area contributed by atoms with Crippen molar-refractivity contribution in [3.05, 3.63) is 44.7 Å². The molecule has 2 aromatic heterocycles. The third-order valence-electron chi connectivity index (χ3n) is 9.07. The molecule has 65 heavy (non-hydrogen) atoms. The van der Waals surface area contributed by atoms with Gasteiger partial charge in [-0.05, 0) is 13.8 Å². The molecule has 2 saturated heterocycles. The second-order valence-corrected chi connectivity index (χ2v) is 17.9. The predicted molar refractivity (Wildman–Crippen MR) is 230 cm³/mol. The number of amides is 4. The number of aromatic nitrogens is 2. The average molecular weight is 981 g/mol. The summed E-state index contributed by atoms with van der Waals surface area (Å²) in [5, 5.41) is 14.1. The van der Waals surface area contributed by atoms with Crippen molar-refractivity contribution in [1.82, 2.24) is 30.4 Å². The fraction of sp³-hybridized carbons (Fsp3) is 0.444. The number of carbonyl (C=O) groups is 8. The van der Waals surface area contributed by atoms with Gasteiger partial charge in [0.1, 0.15) is 73.0 Å². The highest BCUT2D eigenvalue weighted by molar-refractivity contribution is 8.00. The summed E-state index contributed by atoms with van der Waals surface area (Å²) in [6.45, 7) is 4.48. The van der Waals surface area contributed by atoms with E-state index >= 15 is 0 Å². The fourth-order valence-corrected chi connectivity index (χ4v) is 10.1. The molecule has 6 heterocycles. The summed E-state index contributed by atoms with van der Waals surface area (Å²) in [7, 11) is 2.42. The first kappa shape index (κ1) is 48.0. The normalized spacial score (nSPS) is 21.0.